The summed E-state index contributed by atoms with van der Waals surface area (Å²) in [6.07, 6.45) is 2.49. The van der Waals surface area contributed by atoms with Crippen LogP contribution in [0.2, 0.25) is 0 Å². The first kappa shape index (κ1) is 21.7. The summed E-state index contributed by atoms with van der Waals surface area (Å²) in [7, 11) is 0. The molecule has 5 rings (SSSR count). The highest BCUT2D eigenvalue weighted by Crippen LogP contribution is 2.47. The third kappa shape index (κ3) is 3.93. The summed E-state index contributed by atoms with van der Waals surface area (Å²) in [4.78, 5) is 0. The molecule has 0 heteroatoms. The van der Waals surface area contributed by atoms with Crippen LogP contribution in [-0.2, 0) is 10.8 Å². The molecule has 0 amide bonds. The summed E-state index contributed by atoms with van der Waals surface area (Å²) in [6.45, 7) is 11.9. The van der Waals surface area contributed by atoms with Gasteiger partial charge in [-0.25, -0.2) is 0 Å². The Labute approximate surface area is 199 Å². The van der Waals surface area contributed by atoms with Crippen LogP contribution in [0.15, 0.2) is 91.0 Å². The SMILES string of the molecule is Cc1c(-c2cccc(-c3ccccc3)c2)cccc1-c1ccc2c(c1)C(C)(C)CCC2(C)C. The molecule has 1 aliphatic carbocycles. The number of benzene rings is 4. The molecule has 4 aromatic carbocycles. The van der Waals surface area contributed by atoms with Gasteiger partial charge in [0.05, 0.1) is 0 Å². The maximum atomic E-state index is 2.47. The molecule has 0 saturated carbocycles. The molecule has 0 atom stereocenters. The Morgan fingerprint density at radius 3 is 1.73 bits per heavy atom. The lowest BCUT2D eigenvalue weighted by Gasteiger charge is -2.42. The first-order chi connectivity index (χ1) is 15.8. The second-order valence-electron chi connectivity index (χ2n) is 11.0. The molecule has 0 N–H and O–H groups in total. The van der Waals surface area contributed by atoms with Crippen LogP contribution < -0.4 is 0 Å². The average Bonchev–Trinajstić information content (AvgIpc) is 2.83. The number of hydrogen-bond acceptors (Lipinski definition) is 0. The van der Waals surface area contributed by atoms with Crippen molar-refractivity contribution in [1.82, 2.24) is 0 Å². The summed E-state index contributed by atoms with van der Waals surface area (Å²) in [5.74, 6) is 0. The smallest absolute Gasteiger partial charge is 0.0100 e. The highest BCUT2D eigenvalue weighted by molar-refractivity contribution is 5.81. The van der Waals surface area contributed by atoms with Crippen LogP contribution in [0.25, 0.3) is 33.4 Å². The van der Waals surface area contributed by atoms with Crippen molar-refractivity contribution in [2.24, 2.45) is 0 Å². The number of fused-ring (bicyclic) bond motifs is 1. The van der Waals surface area contributed by atoms with Crippen molar-refractivity contribution < 1.29 is 0 Å². The molecule has 166 valence electrons. The normalized spacial score (nSPS) is 16.3. The lowest BCUT2D eigenvalue weighted by molar-refractivity contribution is 0.332. The van der Waals surface area contributed by atoms with E-state index >= 15 is 0 Å². The molecule has 1 aliphatic rings. The molecule has 4 aromatic rings. The van der Waals surface area contributed by atoms with Crippen molar-refractivity contribution in [3.8, 4) is 33.4 Å². The fraction of sp³-hybridized carbons (Fsp3) is 0.273. The minimum Gasteiger partial charge on any atom is -0.0622 e. The van der Waals surface area contributed by atoms with E-state index in [1.54, 1.807) is 0 Å². The van der Waals surface area contributed by atoms with Crippen LogP contribution in [-0.4, -0.2) is 0 Å². The fourth-order valence-electron chi connectivity index (χ4n) is 5.51. The van der Waals surface area contributed by atoms with Crippen LogP contribution in [0.1, 0.15) is 57.2 Å². The summed E-state index contributed by atoms with van der Waals surface area (Å²) in [5, 5.41) is 0. The van der Waals surface area contributed by atoms with Crippen molar-refractivity contribution in [2.45, 2.75) is 58.3 Å². The van der Waals surface area contributed by atoms with Gasteiger partial charge in [-0.15, -0.1) is 0 Å². The van der Waals surface area contributed by atoms with Gasteiger partial charge in [0.25, 0.3) is 0 Å². The van der Waals surface area contributed by atoms with Crippen molar-refractivity contribution in [3.05, 3.63) is 108 Å². The van der Waals surface area contributed by atoms with E-state index in [-0.39, 0.29) is 10.8 Å². The Balaban J connectivity index is 1.60. The van der Waals surface area contributed by atoms with Gasteiger partial charge in [-0.05, 0) is 86.7 Å². The summed E-state index contributed by atoms with van der Waals surface area (Å²) < 4.78 is 0. The average molecular weight is 431 g/mol. The minimum absolute atomic E-state index is 0.219. The number of hydrogen-bond donors (Lipinski definition) is 0. The molecule has 0 bridgehead atoms. The quantitative estimate of drug-likeness (QED) is 0.304. The first-order valence-electron chi connectivity index (χ1n) is 12.2. The second-order valence-corrected chi connectivity index (χ2v) is 11.0. The Morgan fingerprint density at radius 1 is 0.485 bits per heavy atom. The van der Waals surface area contributed by atoms with Gasteiger partial charge in [0.2, 0.25) is 0 Å². The van der Waals surface area contributed by atoms with Gasteiger partial charge in [0.1, 0.15) is 0 Å². The van der Waals surface area contributed by atoms with Gasteiger partial charge in [0.15, 0.2) is 0 Å². The topological polar surface area (TPSA) is 0 Å². The van der Waals surface area contributed by atoms with E-state index in [0.29, 0.717) is 0 Å². The predicted molar refractivity (Wildman–Crippen MR) is 143 cm³/mol. The minimum atomic E-state index is 0.219. The van der Waals surface area contributed by atoms with Crippen LogP contribution in [0.3, 0.4) is 0 Å². The summed E-state index contributed by atoms with van der Waals surface area (Å²) >= 11 is 0. The molecule has 0 unspecified atom stereocenters. The molecular weight excluding hydrogens is 396 g/mol. The predicted octanol–water partition coefficient (Wildman–Crippen LogP) is 9.35. The molecule has 0 radical (unpaired) electrons. The van der Waals surface area contributed by atoms with Gasteiger partial charge in [-0.3, -0.25) is 0 Å². The van der Waals surface area contributed by atoms with Crippen LogP contribution in [0, 0.1) is 6.92 Å². The zero-order valence-corrected chi connectivity index (χ0v) is 20.6. The molecular formula is C33H34. The zero-order chi connectivity index (χ0) is 23.2. The van der Waals surface area contributed by atoms with E-state index in [1.807, 2.05) is 0 Å². The maximum absolute atomic E-state index is 2.47. The van der Waals surface area contributed by atoms with Crippen molar-refractivity contribution in [1.29, 1.82) is 0 Å². The van der Waals surface area contributed by atoms with E-state index < -0.39 is 0 Å². The molecule has 0 aromatic heterocycles. The van der Waals surface area contributed by atoms with Gasteiger partial charge in [-0.1, -0.05) is 113 Å². The highest BCUT2D eigenvalue weighted by atomic mass is 14.4. The standard InChI is InChI=1S/C33H34/c1-23-28(26-14-9-13-25(21-26)24-11-7-6-8-12-24)15-10-16-29(23)27-17-18-30-31(22-27)33(4,5)20-19-32(30,2)3/h6-18,21-22H,19-20H2,1-5H3. The lowest BCUT2D eigenvalue weighted by Crippen LogP contribution is -2.33. The molecule has 0 fully saturated rings. The van der Waals surface area contributed by atoms with E-state index in [4.69, 9.17) is 0 Å². The molecule has 0 spiro atoms. The fourth-order valence-corrected chi connectivity index (χ4v) is 5.51. The van der Waals surface area contributed by atoms with Crippen molar-refractivity contribution in [3.63, 3.8) is 0 Å². The van der Waals surface area contributed by atoms with Gasteiger partial charge < -0.3 is 0 Å². The number of rotatable bonds is 3. The Kier molecular flexibility index (Phi) is 5.28. The lowest BCUT2D eigenvalue weighted by atomic mass is 9.63. The monoisotopic (exact) mass is 430 g/mol. The summed E-state index contributed by atoms with van der Waals surface area (Å²) in [5.41, 5.74) is 12.6. The first-order valence-corrected chi connectivity index (χ1v) is 12.2. The Hall–Kier alpha value is -3.12. The van der Waals surface area contributed by atoms with Crippen LogP contribution in [0.5, 0.6) is 0 Å². The second kappa shape index (κ2) is 8.03. The molecule has 33 heavy (non-hydrogen) atoms. The molecule has 0 aliphatic heterocycles. The highest BCUT2D eigenvalue weighted by Gasteiger charge is 2.37. The van der Waals surface area contributed by atoms with Crippen molar-refractivity contribution >= 4 is 0 Å². The largest absolute Gasteiger partial charge is 0.0622 e. The van der Waals surface area contributed by atoms with E-state index in [1.165, 1.54) is 62.9 Å². The third-order valence-electron chi connectivity index (χ3n) is 7.78. The maximum Gasteiger partial charge on any atom is -0.0100 e. The van der Waals surface area contributed by atoms with Crippen LogP contribution in [0.4, 0.5) is 0 Å². The molecule has 0 nitrogen and oxygen atoms in total. The Bertz CT molecular complexity index is 1310. The third-order valence-corrected chi connectivity index (χ3v) is 7.78. The van der Waals surface area contributed by atoms with E-state index in [0.717, 1.165) is 0 Å². The van der Waals surface area contributed by atoms with Crippen LogP contribution >= 0.6 is 0 Å². The van der Waals surface area contributed by atoms with E-state index in [9.17, 15) is 0 Å². The zero-order valence-electron chi connectivity index (χ0n) is 20.6. The summed E-state index contributed by atoms with van der Waals surface area (Å²) in [6, 6.07) is 33.5. The van der Waals surface area contributed by atoms with Gasteiger partial charge >= 0.3 is 0 Å². The molecule has 0 heterocycles. The molecule has 0 saturated heterocycles. The van der Waals surface area contributed by atoms with Gasteiger partial charge in [-0.2, -0.15) is 0 Å². The Morgan fingerprint density at radius 2 is 1.03 bits per heavy atom. The van der Waals surface area contributed by atoms with E-state index in [2.05, 4.69) is 126 Å². The van der Waals surface area contributed by atoms with Gasteiger partial charge in [0, 0.05) is 0 Å². The van der Waals surface area contributed by atoms with Crippen molar-refractivity contribution in [2.75, 3.05) is 0 Å².